The zero-order chi connectivity index (χ0) is 10.1. The van der Waals surface area contributed by atoms with Crippen molar-refractivity contribution in [1.82, 2.24) is 0 Å². The third-order valence-electron chi connectivity index (χ3n) is 1.61. The Balaban J connectivity index is 4.12. The highest BCUT2D eigenvalue weighted by Crippen LogP contribution is 2.21. The van der Waals surface area contributed by atoms with Crippen LogP contribution in [0.3, 0.4) is 0 Å². The van der Waals surface area contributed by atoms with Crippen LogP contribution in [0.4, 0.5) is 0 Å². The highest BCUT2D eigenvalue weighted by Gasteiger charge is 1.98. The highest BCUT2D eigenvalue weighted by molar-refractivity contribution is 8.03. The third-order valence-corrected chi connectivity index (χ3v) is 2.59. The van der Waals surface area contributed by atoms with Gasteiger partial charge in [0.05, 0.1) is 0 Å². The van der Waals surface area contributed by atoms with Gasteiger partial charge in [0.2, 0.25) is 0 Å². The first-order chi connectivity index (χ1) is 6.24. The van der Waals surface area contributed by atoms with E-state index in [1.54, 1.807) is 17.8 Å². The summed E-state index contributed by atoms with van der Waals surface area (Å²) in [6, 6.07) is 0. The minimum Gasteiger partial charge on any atom is -0.290 e. The van der Waals surface area contributed by atoms with E-state index in [0.29, 0.717) is 0 Å². The van der Waals surface area contributed by atoms with Crippen molar-refractivity contribution in [2.75, 3.05) is 5.75 Å². The number of ketones is 1. The van der Waals surface area contributed by atoms with E-state index in [2.05, 4.69) is 20.4 Å². The van der Waals surface area contributed by atoms with E-state index < -0.39 is 0 Å². The number of hydrogen-bond acceptors (Lipinski definition) is 2. The second kappa shape index (κ2) is 8.11. The molecule has 0 aliphatic heterocycles. The molecule has 0 bridgehead atoms. The maximum atomic E-state index is 11.1. The van der Waals surface area contributed by atoms with Gasteiger partial charge in [0.15, 0.2) is 5.78 Å². The highest BCUT2D eigenvalue weighted by atomic mass is 32.2. The van der Waals surface area contributed by atoms with Gasteiger partial charge in [-0.25, -0.2) is 0 Å². The molecule has 0 rings (SSSR count). The number of carbonyl (C=O) groups is 1. The van der Waals surface area contributed by atoms with Crippen LogP contribution < -0.4 is 0 Å². The zero-order valence-electron chi connectivity index (χ0n) is 8.51. The van der Waals surface area contributed by atoms with Crippen molar-refractivity contribution in [2.24, 2.45) is 0 Å². The number of allylic oxidation sites excluding steroid dienone is 3. The zero-order valence-corrected chi connectivity index (χ0v) is 9.32. The van der Waals surface area contributed by atoms with Crippen LogP contribution in [0.5, 0.6) is 0 Å². The number of unbranched alkanes of at least 4 members (excludes halogenated alkanes) is 1. The van der Waals surface area contributed by atoms with E-state index >= 15 is 0 Å². The van der Waals surface area contributed by atoms with Gasteiger partial charge in [0.1, 0.15) is 0 Å². The van der Waals surface area contributed by atoms with Gasteiger partial charge >= 0.3 is 0 Å². The summed E-state index contributed by atoms with van der Waals surface area (Å²) >= 11 is 1.75. The van der Waals surface area contributed by atoms with E-state index in [1.807, 2.05) is 0 Å². The maximum Gasteiger partial charge on any atom is 0.178 e. The average Bonchev–Trinajstić information content (AvgIpc) is 2.14. The predicted octanol–water partition coefficient (Wildman–Crippen LogP) is 3.57. The van der Waals surface area contributed by atoms with Crippen LogP contribution in [0.25, 0.3) is 0 Å². The molecule has 0 saturated heterocycles. The molecule has 0 N–H and O–H groups in total. The molecule has 74 valence electrons. The molecule has 0 aromatic rings. The van der Waals surface area contributed by atoms with E-state index in [0.717, 1.165) is 18.6 Å². The third kappa shape index (κ3) is 6.64. The standard InChI is InChI=1S/C11H18OS/c1-4-7-8-11(13-6-3)9-10(12)5-2/h5,9H,2,4,6-8H2,1,3H3/b11-9-. The van der Waals surface area contributed by atoms with Gasteiger partial charge in [-0.05, 0) is 35.7 Å². The van der Waals surface area contributed by atoms with Gasteiger partial charge in [0.25, 0.3) is 0 Å². The molecule has 0 fully saturated rings. The van der Waals surface area contributed by atoms with E-state index in [1.165, 1.54) is 17.4 Å². The molecule has 1 nitrogen and oxygen atoms in total. The summed E-state index contributed by atoms with van der Waals surface area (Å²) in [7, 11) is 0. The molecule has 0 atom stereocenters. The minimum atomic E-state index is 0.0204. The molecule has 0 aliphatic rings. The summed E-state index contributed by atoms with van der Waals surface area (Å²) in [5.74, 6) is 1.05. The van der Waals surface area contributed by atoms with E-state index in [-0.39, 0.29) is 5.78 Å². The van der Waals surface area contributed by atoms with Gasteiger partial charge in [-0.2, -0.15) is 0 Å². The topological polar surface area (TPSA) is 17.1 Å². The Bertz CT molecular complexity index is 194. The molecule has 0 amide bonds. The van der Waals surface area contributed by atoms with Crippen LogP contribution in [0.1, 0.15) is 33.1 Å². The molecular weight excluding hydrogens is 180 g/mol. The van der Waals surface area contributed by atoms with Crippen LogP contribution >= 0.6 is 11.8 Å². The molecule has 13 heavy (non-hydrogen) atoms. The molecule has 0 aliphatic carbocycles. The average molecular weight is 198 g/mol. The van der Waals surface area contributed by atoms with Crippen molar-refractivity contribution < 1.29 is 4.79 Å². The summed E-state index contributed by atoms with van der Waals surface area (Å²) in [6.07, 6.45) is 6.42. The number of rotatable bonds is 7. The maximum absolute atomic E-state index is 11.1. The molecule has 0 saturated carbocycles. The largest absolute Gasteiger partial charge is 0.290 e. The molecule has 0 radical (unpaired) electrons. The van der Waals surface area contributed by atoms with Crippen molar-refractivity contribution in [2.45, 2.75) is 33.1 Å². The Kier molecular flexibility index (Phi) is 7.80. The Morgan fingerprint density at radius 3 is 2.62 bits per heavy atom. The number of thioether (sulfide) groups is 1. The Morgan fingerprint density at radius 1 is 1.46 bits per heavy atom. The first kappa shape index (κ1) is 12.5. The molecular formula is C11H18OS. The second-order valence-corrected chi connectivity index (χ2v) is 4.14. The monoisotopic (exact) mass is 198 g/mol. The van der Waals surface area contributed by atoms with Crippen molar-refractivity contribution in [3.63, 3.8) is 0 Å². The lowest BCUT2D eigenvalue weighted by atomic mass is 10.2. The van der Waals surface area contributed by atoms with Crippen molar-refractivity contribution in [1.29, 1.82) is 0 Å². The number of hydrogen-bond donors (Lipinski definition) is 0. The van der Waals surface area contributed by atoms with Gasteiger partial charge < -0.3 is 0 Å². The van der Waals surface area contributed by atoms with Crippen LogP contribution in [0.15, 0.2) is 23.6 Å². The lowest BCUT2D eigenvalue weighted by Crippen LogP contribution is -1.88. The van der Waals surface area contributed by atoms with Crippen molar-refractivity contribution in [3.05, 3.63) is 23.6 Å². The summed E-state index contributed by atoms with van der Waals surface area (Å²) in [6.45, 7) is 7.71. The molecule has 0 aromatic carbocycles. The summed E-state index contributed by atoms with van der Waals surface area (Å²) in [5, 5.41) is 0. The van der Waals surface area contributed by atoms with Gasteiger partial charge in [-0.3, -0.25) is 4.79 Å². The molecule has 0 heterocycles. The summed E-state index contributed by atoms with van der Waals surface area (Å²) in [4.78, 5) is 12.2. The smallest absolute Gasteiger partial charge is 0.178 e. The lowest BCUT2D eigenvalue weighted by Gasteiger charge is -2.02. The van der Waals surface area contributed by atoms with Crippen LogP contribution in [0, 0.1) is 0 Å². The predicted molar refractivity (Wildman–Crippen MR) is 60.9 cm³/mol. The second-order valence-electron chi connectivity index (χ2n) is 2.75. The Hall–Kier alpha value is -0.500. The van der Waals surface area contributed by atoms with Crippen LogP contribution in [-0.4, -0.2) is 11.5 Å². The van der Waals surface area contributed by atoms with Gasteiger partial charge in [0, 0.05) is 0 Å². The van der Waals surface area contributed by atoms with E-state index in [4.69, 9.17) is 0 Å². The Labute approximate surface area is 85.3 Å². The first-order valence-corrected chi connectivity index (χ1v) is 5.72. The quantitative estimate of drug-likeness (QED) is 0.582. The fourth-order valence-corrected chi connectivity index (χ4v) is 1.80. The normalized spacial score (nSPS) is 11.4. The fraction of sp³-hybridized carbons (Fsp3) is 0.545. The van der Waals surface area contributed by atoms with Gasteiger partial charge in [-0.1, -0.05) is 26.8 Å². The van der Waals surface area contributed by atoms with E-state index in [9.17, 15) is 4.79 Å². The minimum absolute atomic E-state index is 0.0204. The summed E-state index contributed by atoms with van der Waals surface area (Å²) in [5.41, 5.74) is 0. The molecule has 0 aromatic heterocycles. The fourth-order valence-electron chi connectivity index (χ4n) is 0.940. The first-order valence-electron chi connectivity index (χ1n) is 4.74. The SMILES string of the molecule is C=CC(=O)/C=C(/CCCC)SCC. The Morgan fingerprint density at radius 2 is 2.15 bits per heavy atom. The lowest BCUT2D eigenvalue weighted by molar-refractivity contribution is -0.110. The summed E-state index contributed by atoms with van der Waals surface area (Å²) < 4.78 is 0. The molecule has 0 spiro atoms. The number of carbonyl (C=O) groups excluding carboxylic acids is 1. The molecule has 0 unspecified atom stereocenters. The van der Waals surface area contributed by atoms with Crippen LogP contribution in [0.2, 0.25) is 0 Å². The molecule has 2 heteroatoms. The van der Waals surface area contributed by atoms with Gasteiger partial charge in [-0.15, -0.1) is 11.8 Å². The van der Waals surface area contributed by atoms with Crippen molar-refractivity contribution in [3.8, 4) is 0 Å². The van der Waals surface area contributed by atoms with Crippen molar-refractivity contribution >= 4 is 17.5 Å². The van der Waals surface area contributed by atoms with Crippen LogP contribution in [-0.2, 0) is 4.79 Å².